The van der Waals surface area contributed by atoms with Crippen molar-refractivity contribution in [2.24, 2.45) is 7.05 Å². The number of carbonyl (C=O) groups is 1. The van der Waals surface area contributed by atoms with Crippen LogP contribution in [0.4, 0.5) is 11.9 Å². The maximum atomic E-state index is 11.8. The third-order valence-electron chi connectivity index (χ3n) is 2.68. The van der Waals surface area contributed by atoms with E-state index in [1.165, 1.54) is 10.7 Å². The summed E-state index contributed by atoms with van der Waals surface area (Å²) < 4.78 is 11.5. The van der Waals surface area contributed by atoms with Gasteiger partial charge in [0.2, 0.25) is 0 Å². The molecule has 3 aromatic heterocycles. The predicted molar refractivity (Wildman–Crippen MR) is 69.8 cm³/mol. The zero-order valence-electron chi connectivity index (χ0n) is 11.1. The van der Waals surface area contributed by atoms with Crippen molar-refractivity contribution in [2.75, 3.05) is 5.32 Å². The number of nitrogens with one attached hydrogen (secondary N) is 1. The van der Waals surface area contributed by atoms with Crippen LogP contribution in [0.25, 0.3) is 11.6 Å². The second-order valence-corrected chi connectivity index (χ2v) is 4.10. The first-order chi connectivity index (χ1) is 10.5. The van der Waals surface area contributed by atoms with Gasteiger partial charge in [0.15, 0.2) is 5.76 Å². The number of rotatable bonds is 4. The lowest BCUT2D eigenvalue weighted by atomic mass is 10.4. The van der Waals surface area contributed by atoms with Crippen LogP contribution in [0.15, 0.2) is 33.2 Å². The zero-order valence-corrected chi connectivity index (χ0v) is 11.1. The molecule has 0 bridgehead atoms. The minimum absolute atomic E-state index is 0.166. The van der Waals surface area contributed by atoms with Crippen molar-refractivity contribution in [1.82, 2.24) is 20.0 Å². The van der Waals surface area contributed by atoms with Gasteiger partial charge in [0.25, 0.3) is 11.8 Å². The van der Waals surface area contributed by atoms with E-state index < -0.39 is 16.7 Å². The molecule has 11 nitrogen and oxygen atoms in total. The van der Waals surface area contributed by atoms with Crippen molar-refractivity contribution in [2.45, 2.75) is 0 Å². The number of anilines is 1. The Morgan fingerprint density at radius 2 is 2.14 bits per heavy atom. The number of hydrogen-bond donors (Lipinski definition) is 1. The SMILES string of the molecule is Cn1nccc1-c1nnc(NC(=O)c2ccc([N+](=O)[O-])o2)o1. The molecule has 0 spiro atoms. The summed E-state index contributed by atoms with van der Waals surface area (Å²) in [5.41, 5.74) is 0.571. The third kappa shape index (κ3) is 2.42. The maximum Gasteiger partial charge on any atom is 0.433 e. The Balaban J connectivity index is 1.76. The fraction of sp³-hybridized carbons (Fsp3) is 0.0909. The molecule has 0 saturated carbocycles. The monoisotopic (exact) mass is 304 g/mol. The Morgan fingerprint density at radius 3 is 2.77 bits per heavy atom. The minimum atomic E-state index is -0.746. The van der Waals surface area contributed by atoms with E-state index in [9.17, 15) is 14.9 Å². The largest absolute Gasteiger partial charge is 0.433 e. The van der Waals surface area contributed by atoms with E-state index >= 15 is 0 Å². The van der Waals surface area contributed by atoms with Crippen LogP contribution < -0.4 is 5.32 Å². The Morgan fingerprint density at radius 1 is 1.32 bits per heavy atom. The lowest BCUT2D eigenvalue weighted by Gasteiger charge is -1.96. The average Bonchev–Trinajstić information content (AvgIpc) is 3.17. The molecule has 1 amide bonds. The Bertz CT molecular complexity index is 847. The molecule has 0 aliphatic rings. The number of aryl methyl sites for hydroxylation is 1. The number of carbonyl (C=O) groups excluding carboxylic acids is 1. The first-order valence-electron chi connectivity index (χ1n) is 5.92. The molecule has 1 N–H and O–H groups in total. The van der Waals surface area contributed by atoms with Gasteiger partial charge in [-0.05, 0) is 12.1 Å². The van der Waals surface area contributed by atoms with Crippen LogP contribution in [-0.2, 0) is 7.05 Å². The lowest BCUT2D eigenvalue weighted by Crippen LogP contribution is -2.11. The maximum absolute atomic E-state index is 11.8. The average molecular weight is 304 g/mol. The van der Waals surface area contributed by atoms with Crippen LogP contribution in [0.1, 0.15) is 10.6 Å². The van der Waals surface area contributed by atoms with Crippen molar-refractivity contribution in [3.8, 4) is 11.6 Å². The van der Waals surface area contributed by atoms with Gasteiger partial charge < -0.3 is 8.83 Å². The van der Waals surface area contributed by atoms with Crippen LogP contribution in [0.2, 0.25) is 0 Å². The Labute approximate surface area is 121 Å². The Kier molecular flexibility index (Phi) is 3.14. The van der Waals surface area contributed by atoms with Gasteiger partial charge in [-0.25, -0.2) is 0 Å². The van der Waals surface area contributed by atoms with E-state index in [1.807, 2.05) is 0 Å². The molecule has 0 unspecified atom stereocenters. The molecule has 0 radical (unpaired) electrons. The van der Waals surface area contributed by atoms with Gasteiger partial charge >= 0.3 is 11.9 Å². The minimum Gasteiger partial charge on any atom is -0.401 e. The van der Waals surface area contributed by atoms with E-state index in [1.54, 1.807) is 19.3 Å². The zero-order chi connectivity index (χ0) is 15.7. The molecule has 0 aliphatic heterocycles. The molecule has 0 fully saturated rings. The van der Waals surface area contributed by atoms with Gasteiger partial charge in [0.05, 0.1) is 6.07 Å². The first kappa shape index (κ1) is 13.5. The smallest absolute Gasteiger partial charge is 0.401 e. The first-order valence-corrected chi connectivity index (χ1v) is 5.92. The fourth-order valence-corrected chi connectivity index (χ4v) is 1.67. The van der Waals surface area contributed by atoms with Crippen molar-refractivity contribution in [1.29, 1.82) is 0 Å². The summed E-state index contributed by atoms with van der Waals surface area (Å²) in [6.07, 6.45) is 1.56. The van der Waals surface area contributed by atoms with Crippen molar-refractivity contribution < 1.29 is 18.6 Å². The number of hydrogen-bond acceptors (Lipinski definition) is 8. The van der Waals surface area contributed by atoms with Crippen molar-refractivity contribution in [3.63, 3.8) is 0 Å². The van der Waals surface area contributed by atoms with Crippen LogP contribution in [0.5, 0.6) is 0 Å². The van der Waals surface area contributed by atoms with E-state index in [0.717, 1.165) is 6.07 Å². The summed E-state index contributed by atoms with van der Waals surface area (Å²) in [6, 6.07) is 3.74. The molecule has 3 heterocycles. The number of amides is 1. The molecule has 112 valence electrons. The third-order valence-corrected chi connectivity index (χ3v) is 2.68. The quantitative estimate of drug-likeness (QED) is 0.560. The van der Waals surface area contributed by atoms with Gasteiger partial charge in [0.1, 0.15) is 10.6 Å². The lowest BCUT2D eigenvalue weighted by molar-refractivity contribution is -0.402. The van der Waals surface area contributed by atoms with Gasteiger partial charge in [-0.3, -0.25) is 24.9 Å². The highest BCUT2D eigenvalue weighted by Gasteiger charge is 2.20. The van der Waals surface area contributed by atoms with Crippen LogP contribution in [0, 0.1) is 10.1 Å². The highest BCUT2D eigenvalue weighted by Crippen LogP contribution is 2.20. The standard InChI is InChI=1S/C11H8N6O5/c1-16-6(4-5-12-16)10-14-15-11(22-10)13-9(18)7-2-3-8(21-7)17(19)20/h2-5H,1H3,(H,13,15,18). The predicted octanol–water partition coefficient (Wildman–Crippen LogP) is 1.22. The van der Waals surface area contributed by atoms with E-state index in [4.69, 9.17) is 8.83 Å². The fourth-order valence-electron chi connectivity index (χ4n) is 1.67. The molecule has 3 aromatic rings. The number of furan rings is 1. The summed E-state index contributed by atoms with van der Waals surface area (Å²) in [4.78, 5) is 21.6. The second-order valence-electron chi connectivity index (χ2n) is 4.10. The molecular formula is C11H8N6O5. The molecule has 3 rings (SSSR count). The number of nitro groups is 1. The molecule has 0 aliphatic carbocycles. The van der Waals surface area contributed by atoms with Crippen molar-refractivity contribution in [3.05, 3.63) is 40.3 Å². The normalized spacial score (nSPS) is 10.6. The van der Waals surface area contributed by atoms with E-state index in [-0.39, 0.29) is 17.7 Å². The van der Waals surface area contributed by atoms with Gasteiger partial charge in [-0.2, -0.15) is 5.10 Å². The molecule has 11 heteroatoms. The summed E-state index contributed by atoms with van der Waals surface area (Å²) in [6.45, 7) is 0. The molecule has 22 heavy (non-hydrogen) atoms. The van der Waals surface area contributed by atoms with E-state index in [0.29, 0.717) is 5.69 Å². The molecule has 0 atom stereocenters. The second kappa shape index (κ2) is 5.12. The summed E-state index contributed by atoms with van der Waals surface area (Å²) in [7, 11) is 1.69. The summed E-state index contributed by atoms with van der Waals surface area (Å²) in [5, 5.41) is 24.2. The summed E-state index contributed by atoms with van der Waals surface area (Å²) >= 11 is 0. The van der Waals surface area contributed by atoms with Crippen LogP contribution in [0.3, 0.4) is 0 Å². The number of nitrogens with zero attached hydrogens (tertiary/aromatic N) is 5. The highest BCUT2D eigenvalue weighted by molar-refractivity contribution is 6.01. The van der Waals surface area contributed by atoms with Gasteiger partial charge in [0, 0.05) is 13.2 Å². The van der Waals surface area contributed by atoms with E-state index in [2.05, 4.69) is 20.6 Å². The molecule has 0 saturated heterocycles. The van der Waals surface area contributed by atoms with Crippen molar-refractivity contribution >= 4 is 17.8 Å². The van der Waals surface area contributed by atoms with Gasteiger partial charge in [-0.15, -0.1) is 5.10 Å². The summed E-state index contributed by atoms with van der Waals surface area (Å²) in [5.74, 6) is -1.35. The number of aromatic nitrogens is 4. The Hall–Kier alpha value is -3.50. The van der Waals surface area contributed by atoms with Crippen LogP contribution in [-0.4, -0.2) is 30.8 Å². The topological polar surface area (TPSA) is 142 Å². The molecular weight excluding hydrogens is 296 g/mol. The van der Waals surface area contributed by atoms with Gasteiger partial charge in [-0.1, -0.05) is 5.10 Å². The van der Waals surface area contributed by atoms with Crippen LogP contribution >= 0.6 is 0 Å². The highest BCUT2D eigenvalue weighted by atomic mass is 16.6. The molecule has 0 aromatic carbocycles.